The van der Waals surface area contributed by atoms with Gasteiger partial charge in [-0.3, -0.25) is 14.2 Å². The number of ether oxygens (including phenoxy) is 1. The van der Waals surface area contributed by atoms with E-state index in [1.165, 1.54) is 7.11 Å². The number of rotatable bonds is 2. The van der Waals surface area contributed by atoms with Crippen molar-refractivity contribution in [3.63, 3.8) is 0 Å². The Morgan fingerprint density at radius 1 is 1.08 bits per heavy atom. The molecule has 5 aromatic rings. The first-order chi connectivity index (χ1) is 24.4. The molecule has 0 bridgehead atoms. The van der Waals surface area contributed by atoms with Crippen molar-refractivity contribution in [2.45, 2.75) is 37.3 Å². The summed E-state index contributed by atoms with van der Waals surface area (Å²) in [5, 5.41) is 17.3. The van der Waals surface area contributed by atoms with Crippen LogP contribution in [-0.4, -0.2) is 90.9 Å². The Hall–Kier alpha value is -5.41. The number of benzene rings is 1. The molecule has 256 valence electrons. The Kier molecular flexibility index (Phi) is 6.46. The number of alkyl halides is 3. The van der Waals surface area contributed by atoms with Crippen LogP contribution < -0.4 is 4.90 Å². The SMILES string of the molecule is O=C(O)C(F)(F)F.[2H]C([2H])([2H])n1ncc2cc(-c3c(-c4cnn(C)c4)[nH]c4ncc5c(c34)C3(CC4(CCN(C(=O)OC)CC4)C3)C(=O)N5C)ccc21. The van der Waals surface area contributed by atoms with Gasteiger partial charge >= 0.3 is 18.2 Å². The molecule has 49 heavy (non-hydrogen) atoms. The number of nitrogens with zero attached hydrogens (tertiary/aromatic N) is 7. The number of carbonyl (C=O) groups excluding carboxylic acids is 2. The van der Waals surface area contributed by atoms with Gasteiger partial charge in [0, 0.05) is 71.9 Å². The van der Waals surface area contributed by atoms with E-state index < -0.39 is 24.5 Å². The lowest BCUT2D eigenvalue weighted by molar-refractivity contribution is -0.192. The second-order valence-electron chi connectivity index (χ2n) is 12.9. The Balaban J connectivity index is 0.000000548. The van der Waals surface area contributed by atoms with Gasteiger partial charge in [-0.05, 0) is 48.8 Å². The van der Waals surface area contributed by atoms with Gasteiger partial charge in [0.05, 0.1) is 48.0 Å². The molecule has 1 saturated carbocycles. The van der Waals surface area contributed by atoms with Gasteiger partial charge < -0.3 is 24.6 Å². The maximum atomic E-state index is 14.2. The van der Waals surface area contributed by atoms with Crippen molar-refractivity contribution in [1.29, 1.82) is 0 Å². The van der Waals surface area contributed by atoms with Gasteiger partial charge in [0.15, 0.2) is 0 Å². The summed E-state index contributed by atoms with van der Waals surface area (Å²) in [4.78, 5) is 47.1. The van der Waals surface area contributed by atoms with Crippen LogP contribution in [0.5, 0.6) is 0 Å². The first-order valence-electron chi connectivity index (χ1n) is 16.8. The van der Waals surface area contributed by atoms with Gasteiger partial charge in [-0.15, -0.1) is 0 Å². The average Bonchev–Trinajstić information content (AvgIpc) is 3.84. The molecule has 16 heteroatoms. The zero-order valence-corrected chi connectivity index (χ0v) is 26.6. The minimum Gasteiger partial charge on any atom is -0.475 e. The second kappa shape index (κ2) is 11.1. The number of fused-ring (bicyclic) bond motifs is 5. The number of carbonyl (C=O) groups is 3. The van der Waals surface area contributed by atoms with E-state index >= 15 is 0 Å². The van der Waals surface area contributed by atoms with Gasteiger partial charge in [0.2, 0.25) is 5.91 Å². The fraction of sp³-hybridized carbons (Fsp3) is 0.394. The van der Waals surface area contributed by atoms with E-state index in [2.05, 4.69) is 15.2 Å². The molecule has 2 fully saturated rings. The zero-order chi connectivity index (χ0) is 37.5. The number of aromatic amines is 1. The van der Waals surface area contributed by atoms with Crippen LogP contribution in [0, 0.1) is 5.41 Å². The third kappa shape index (κ3) is 4.99. The molecule has 2 spiro atoms. The van der Waals surface area contributed by atoms with E-state index in [0.29, 0.717) is 42.5 Å². The van der Waals surface area contributed by atoms with Gasteiger partial charge in [-0.25, -0.2) is 14.6 Å². The van der Waals surface area contributed by atoms with Crippen LogP contribution in [0.25, 0.3) is 44.3 Å². The summed E-state index contributed by atoms with van der Waals surface area (Å²) in [6.07, 6.45) is 4.71. The number of anilines is 1. The number of amides is 2. The molecular weight excluding hydrogens is 645 g/mol. The topological polar surface area (TPSA) is 151 Å². The lowest BCUT2D eigenvalue weighted by Crippen LogP contribution is -2.58. The number of aromatic nitrogens is 6. The van der Waals surface area contributed by atoms with E-state index in [4.69, 9.17) is 23.7 Å². The highest BCUT2D eigenvalue weighted by molar-refractivity contribution is 6.17. The van der Waals surface area contributed by atoms with Crippen molar-refractivity contribution in [3.8, 4) is 22.4 Å². The summed E-state index contributed by atoms with van der Waals surface area (Å²) < 4.78 is 63.1. The number of aryl methyl sites for hydroxylation is 2. The minimum atomic E-state index is -5.08. The van der Waals surface area contributed by atoms with Gasteiger partial charge in [-0.1, -0.05) is 6.07 Å². The van der Waals surface area contributed by atoms with Crippen molar-refractivity contribution < 1.29 is 41.5 Å². The summed E-state index contributed by atoms with van der Waals surface area (Å²) >= 11 is 0. The zero-order valence-electron chi connectivity index (χ0n) is 29.6. The molecule has 6 heterocycles. The number of aliphatic carboxylic acids is 1. The maximum absolute atomic E-state index is 14.2. The highest BCUT2D eigenvalue weighted by Crippen LogP contribution is 2.66. The summed E-state index contributed by atoms with van der Waals surface area (Å²) in [6.45, 7) is -1.19. The third-order valence-corrected chi connectivity index (χ3v) is 10.1. The average molecular weight is 682 g/mol. The van der Waals surface area contributed by atoms with E-state index in [-0.39, 0.29) is 17.4 Å². The first kappa shape index (κ1) is 28.6. The van der Waals surface area contributed by atoms with Crippen molar-refractivity contribution in [3.05, 3.63) is 48.5 Å². The first-order valence-corrected chi connectivity index (χ1v) is 15.3. The number of nitrogens with one attached hydrogen (secondary N) is 1. The fourth-order valence-electron chi connectivity index (χ4n) is 7.87. The van der Waals surface area contributed by atoms with Crippen molar-refractivity contribution in [1.82, 2.24) is 34.4 Å². The Bertz CT molecular complexity index is 2260. The summed E-state index contributed by atoms with van der Waals surface area (Å²) in [5.74, 6) is -2.69. The van der Waals surface area contributed by atoms with Crippen molar-refractivity contribution >= 4 is 45.6 Å². The highest BCUT2D eigenvalue weighted by atomic mass is 19.4. The molecule has 1 saturated heterocycles. The number of hydrogen-bond acceptors (Lipinski definition) is 7. The van der Waals surface area contributed by atoms with E-state index in [1.807, 2.05) is 32.4 Å². The monoisotopic (exact) mass is 681 g/mol. The Morgan fingerprint density at radius 2 is 1.80 bits per heavy atom. The predicted octanol–water partition coefficient (Wildman–Crippen LogP) is 5.01. The molecule has 1 aliphatic carbocycles. The third-order valence-electron chi connectivity index (χ3n) is 10.1. The molecule has 0 unspecified atom stereocenters. The number of carboxylic acids is 1. The largest absolute Gasteiger partial charge is 0.490 e. The molecular formula is C33H33F3N8O5. The van der Waals surface area contributed by atoms with Crippen LogP contribution in [0.1, 0.15) is 35.4 Å². The predicted molar refractivity (Wildman–Crippen MR) is 172 cm³/mol. The summed E-state index contributed by atoms with van der Waals surface area (Å²) in [7, 11) is 5.08. The molecule has 2 N–H and O–H groups in total. The van der Waals surface area contributed by atoms with Gasteiger partial charge in [-0.2, -0.15) is 23.4 Å². The Morgan fingerprint density at radius 3 is 2.41 bits per heavy atom. The molecule has 2 aliphatic heterocycles. The molecule has 0 radical (unpaired) electrons. The van der Waals surface area contributed by atoms with Crippen molar-refractivity contribution in [2.24, 2.45) is 19.4 Å². The molecule has 0 atom stereocenters. The second-order valence-corrected chi connectivity index (χ2v) is 12.9. The number of hydrogen-bond donors (Lipinski definition) is 2. The number of piperidine rings is 1. The van der Waals surface area contributed by atoms with Crippen LogP contribution in [0.15, 0.2) is 43.0 Å². The smallest absolute Gasteiger partial charge is 0.475 e. The minimum absolute atomic E-state index is 0.0381. The lowest BCUT2D eigenvalue weighted by Gasteiger charge is -2.57. The quantitative estimate of drug-likeness (QED) is 0.264. The summed E-state index contributed by atoms with van der Waals surface area (Å²) in [5.41, 5.74) is 5.62. The van der Waals surface area contributed by atoms with Gasteiger partial charge in [0.1, 0.15) is 5.65 Å². The molecule has 1 aromatic carbocycles. The van der Waals surface area contributed by atoms with Crippen LogP contribution in [-0.2, 0) is 33.8 Å². The number of pyridine rings is 1. The van der Waals surface area contributed by atoms with E-state index in [9.17, 15) is 22.8 Å². The number of likely N-dealkylation sites (tertiary alicyclic amines) is 1. The standard InChI is InChI=1S/C31H32N8O3.C2HF3O2/c1-36-15-20(13-33-36)26-23(18-5-6-21-19(11-18)12-34-38(21)3)24-25-22(14-32-27(24)35-26)37(2)28(40)31(25)16-30(17-31)7-9-39(10-8-30)29(41)42-4;3-2(4,5)1(6)7/h5-6,11-15H,7-10,16-17H2,1-4H3,(H,32,35);(H,6,7)/i3D3;. The van der Waals surface area contributed by atoms with Crippen LogP contribution in [0.4, 0.5) is 23.7 Å². The number of likely N-dealkylation sites (N-methyl/N-ethyl adjacent to an activating group) is 1. The van der Waals surface area contributed by atoms with Crippen LogP contribution in [0.2, 0.25) is 0 Å². The Labute approximate surface area is 281 Å². The maximum Gasteiger partial charge on any atom is 0.490 e. The van der Waals surface area contributed by atoms with Crippen LogP contribution in [0.3, 0.4) is 0 Å². The van der Waals surface area contributed by atoms with E-state index in [1.54, 1.807) is 39.1 Å². The molecule has 4 aromatic heterocycles. The number of halogens is 3. The number of H-pyrrole nitrogens is 1. The highest BCUT2D eigenvalue weighted by Gasteiger charge is 2.65. The number of carboxylic acid groups (broad SMARTS) is 1. The molecule has 2 amide bonds. The normalized spacial score (nSPS) is 18.9. The van der Waals surface area contributed by atoms with Crippen molar-refractivity contribution in [2.75, 3.05) is 32.1 Å². The fourth-order valence-corrected chi connectivity index (χ4v) is 7.87. The summed E-state index contributed by atoms with van der Waals surface area (Å²) in [6, 6.07) is 5.64. The lowest BCUT2D eigenvalue weighted by atomic mass is 9.47. The molecule has 8 rings (SSSR count). The molecule has 3 aliphatic rings. The number of methoxy groups -OCH3 is 1. The van der Waals surface area contributed by atoms with Gasteiger partial charge in [0.25, 0.3) is 0 Å². The van der Waals surface area contributed by atoms with Crippen LogP contribution >= 0.6 is 0 Å². The van der Waals surface area contributed by atoms with E-state index in [0.717, 1.165) is 56.5 Å². The molecule has 13 nitrogen and oxygen atoms in total.